The fourth-order valence-corrected chi connectivity index (χ4v) is 3.95. The van der Waals surface area contributed by atoms with Crippen molar-refractivity contribution in [3.05, 3.63) is 59.2 Å². The van der Waals surface area contributed by atoms with E-state index in [2.05, 4.69) is 5.32 Å². The highest BCUT2D eigenvalue weighted by atomic mass is 19.1. The van der Waals surface area contributed by atoms with E-state index in [1.165, 1.54) is 4.90 Å². The highest BCUT2D eigenvalue weighted by molar-refractivity contribution is 5.94. The van der Waals surface area contributed by atoms with Crippen molar-refractivity contribution in [1.82, 2.24) is 10.2 Å². The van der Waals surface area contributed by atoms with Crippen molar-refractivity contribution in [3.8, 4) is 11.5 Å². The molecular formula is C23H24F2N2O4. The number of carbonyl (C=O) groups is 2. The van der Waals surface area contributed by atoms with Crippen molar-refractivity contribution in [2.45, 2.75) is 32.2 Å². The number of likely N-dealkylation sites (tertiary alicyclic amines) is 1. The summed E-state index contributed by atoms with van der Waals surface area (Å²) in [6, 6.07) is 8.50. The van der Waals surface area contributed by atoms with Crippen LogP contribution in [0.25, 0.3) is 0 Å². The molecule has 1 saturated heterocycles. The summed E-state index contributed by atoms with van der Waals surface area (Å²) < 4.78 is 37.8. The normalized spacial score (nSPS) is 16.3. The minimum atomic E-state index is -0.879. The average molecular weight is 430 g/mol. The van der Waals surface area contributed by atoms with Gasteiger partial charge in [-0.2, -0.15) is 0 Å². The van der Waals surface area contributed by atoms with E-state index in [1.807, 2.05) is 32.0 Å². The average Bonchev–Trinajstić information content (AvgIpc) is 3.21. The molecule has 31 heavy (non-hydrogen) atoms. The lowest BCUT2D eigenvalue weighted by molar-refractivity contribution is -0.128. The minimum absolute atomic E-state index is 0.0947. The molecule has 0 unspecified atom stereocenters. The zero-order chi connectivity index (χ0) is 22.2. The molecular weight excluding hydrogens is 406 g/mol. The summed E-state index contributed by atoms with van der Waals surface area (Å²) in [4.78, 5) is 26.9. The van der Waals surface area contributed by atoms with Gasteiger partial charge in [0.1, 0.15) is 11.6 Å². The molecule has 2 aromatic carbocycles. The van der Waals surface area contributed by atoms with E-state index < -0.39 is 23.1 Å². The Bertz CT molecular complexity index is 1020. The summed E-state index contributed by atoms with van der Waals surface area (Å²) in [5.74, 6) is -1.11. The lowest BCUT2D eigenvalue weighted by Crippen LogP contribution is -2.48. The van der Waals surface area contributed by atoms with Gasteiger partial charge in [-0.05, 0) is 56.5 Å². The fraction of sp³-hybridized carbons (Fsp3) is 0.391. The van der Waals surface area contributed by atoms with E-state index in [-0.39, 0.29) is 24.2 Å². The van der Waals surface area contributed by atoms with Crippen molar-refractivity contribution >= 4 is 11.8 Å². The molecule has 2 heterocycles. The Morgan fingerprint density at radius 2 is 1.74 bits per heavy atom. The topological polar surface area (TPSA) is 67.9 Å². The monoisotopic (exact) mass is 430 g/mol. The van der Waals surface area contributed by atoms with Gasteiger partial charge in [0.15, 0.2) is 11.5 Å². The number of amides is 2. The van der Waals surface area contributed by atoms with Crippen LogP contribution < -0.4 is 14.8 Å². The number of hydrogen-bond donors (Lipinski definition) is 1. The molecule has 1 fully saturated rings. The molecule has 4 rings (SSSR count). The molecule has 2 aliphatic rings. The van der Waals surface area contributed by atoms with Crippen LogP contribution in [0, 0.1) is 17.6 Å². The first-order chi connectivity index (χ1) is 14.7. The number of carbonyl (C=O) groups excluding carboxylic acids is 2. The molecule has 0 aromatic heterocycles. The van der Waals surface area contributed by atoms with Gasteiger partial charge in [-0.1, -0.05) is 6.07 Å². The first-order valence-corrected chi connectivity index (χ1v) is 10.2. The largest absolute Gasteiger partial charge is 0.454 e. The van der Waals surface area contributed by atoms with Crippen LogP contribution in [0.4, 0.5) is 8.78 Å². The maximum absolute atomic E-state index is 13.9. The van der Waals surface area contributed by atoms with Crippen LogP contribution in [0.1, 0.15) is 42.6 Å². The van der Waals surface area contributed by atoms with Gasteiger partial charge >= 0.3 is 0 Å². The van der Waals surface area contributed by atoms with Gasteiger partial charge < -0.3 is 19.7 Å². The summed E-state index contributed by atoms with van der Waals surface area (Å²) in [6.45, 7) is 4.68. The van der Waals surface area contributed by atoms with E-state index in [9.17, 15) is 18.4 Å². The molecule has 0 bridgehead atoms. The molecule has 2 aliphatic heterocycles. The standard InChI is InChI=1S/C23H24F2N2O4/c1-23(2,15-3-6-19-20(11-15)31-13-30-19)26-21(28)14-7-9-27(10-8-14)22(29)17-5-4-16(24)12-18(17)25/h3-6,11-12,14H,7-10,13H2,1-2H3,(H,26,28). The second kappa shape index (κ2) is 8.17. The third kappa shape index (κ3) is 4.33. The molecule has 0 radical (unpaired) electrons. The number of benzene rings is 2. The number of ether oxygens (including phenoxy) is 2. The van der Waals surface area contributed by atoms with Gasteiger partial charge in [0.05, 0.1) is 11.1 Å². The van der Waals surface area contributed by atoms with Crippen LogP contribution in [-0.2, 0) is 10.3 Å². The molecule has 6 nitrogen and oxygen atoms in total. The quantitative estimate of drug-likeness (QED) is 0.805. The van der Waals surface area contributed by atoms with Crippen molar-refractivity contribution in [3.63, 3.8) is 0 Å². The summed E-state index contributed by atoms with van der Waals surface area (Å²) >= 11 is 0. The van der Waals surface area contributed by atoms with E-state index >= 15 is 0 Å². The third-order valence-corrected chi connectivity index (χ3v) is 5.84. The predicted molar refractivity (Wildman–Crippen MR) is 109 cm³/mol. The molecule has 0 saturated carbocycles. The van der Waals surface area contributed by atoms with Gasteiger partial charge in [-0.15, -0.1) is 0 Å². The summed E-state index contributed by atoms with van der Waals surface area (Å²) in [6.07, 6.45) is 0.940. The predicted octanol–water partition coefficient (Wildman–Crippen LogP) is 3.60. The van der Waals surface area contributed by atoms with Gasteiger partial charge in [0.2, 0.25) is 12.7 Å². The Morgan fingerprint density at radius 3 is 2.45 bits per heavy atom. The van der Waals surface area contributed by atoms with Gasteiger partial charge in [-0.25, -0.2) is 8.78 Å². The SMILES string of the molecule is CC(C)(NC(=O)C1CCN(C(=O)c2ccc(F)cc2F)CC1)c1ccc2c(c1)OCO2. The number of fused-ring (bicyclic) bond motifs is 1. The van der Waals surface area contributed by atoms with E-state index in [4.69, 9.17) is 9.47 Å². The lowest BCUT2D eigenvalue weighted by atomic mass is 9.90. The van der Waals surface area contributed by atoms with Gasteiger partial charge in [0.25, 0.3) is 5.91 Å². The Labute approximate surface area is 179 Å². The lowest BCUT2D eigenvalue weighted by Gasteiger charge is -2.34. The number of halogens is 2. The van der Waals surface area contributed by atoms with Crippen LogP contribution in [0.2, 0.25) is 0 Å². The maximum atomic E-state index is 13.9. The molecule has 0 aliphatic carbocycles. The zero-order valence-electron chi connectivity index (χ0n) is 17.4. The van der Waals surface area contributed by atoms with Crippen molar-refractivity contribution in [2.75, 3.05) is 19.9 Å². The second-order valence-corrected chi connectivity index (χ2v) is 8.37. The number of nitrogens with zero attached hydrogens (tertiary/aromatic N) is 1. The molecule has 0 spiro atoms. The minimum Gasteiger partial charge on any atom is -0.454 e. The van der Waals surface area contributed by atoms with Crippen molar-refractivity contribution < 1.29 is 27.8 Å². The number of rotatable bonds is 4. The van der Waals surface area contributed by atoms with Crippen LogP contribution >= 0.6 is 0 Å². The fourth-order valence-electron chi connectivity index (χ4n) is 3.95. The van der Waals surface area contributed by atoms with Gasteiger partial charge in [0, 0.05) is 25.1 Å². The van der Waals surface area contributed by atoms with Crippen LogP contribution in [0.5, 0.6) is 11.5 Å². The van der Waals surface area contributed by atoms with Crippen molar-refractivity contribution in [2.24, 2.45) is 5.92 Å². The van der Waals surface area contributed by atoms with Crippen LogP contribution in [-0.4, -0.2) is 36.6 Å². The number of hydrogen-bond acceptors (Lipinski definition) is 4. The molecule has 8 heteroatoms. The Balaban J connectivity index is 1.36. The molecule has 1 N–H and O–H groups in total. The third-order valence-electron chi connectivity index (χ3n) is 5.84. The molecule has 2 amide bonds. The zero-order valence-corrected chi connectivity index (χ0v) is 17.4. The van der Waals surface area contributed by atoms with Gasteiger partial charge in [-0.3, -0.25) is 9.59 Å². The second-order valence-electron chi connectivity index (χ2n) is 8.37. The Morgan fingerprint density at radius 1 is 1.03 bits per heavy atom. The summed E-state index contributed by atoms with van der Waals surface area (Å²) in [5, 5.41) is 3.08. The maximum Gasteiger partial charge on any atom is 0.256 e. The van der Waals surface area contributed by atoms with E-state index in [1.54, 1.807) is 0 Å². The van der Waals surface area contributed by atoms with E-state index in [0.717, 1.165) is 17.7 Å². The first-order valence-electron chi connectivity index (χ1n) is 10.2. The Hall–Kier alpha value is -3.16. The highest BCUT2D eigenvalue weighted by Gasteiger charge is 2.32. The van der Waals surface area contributed by atoms with Crippen LogP contribution in [0.3, 0.4) is 0 Å². The summed E-state index contributed by atoms with van der Waals surface area (Å²) in [5.41, 5.74) is 0.111. The highest BCUT2D eigenvalue weighted by Crippen LogP contribution is 2.36. The Kier molecular flexibility index (Phi) is 5.56. The van der Waals surface area contributed by atoms with Crippen LogP contribution in [0.15, 0.2) is 36.4 Å². The number of nitrogens with one attached hydrogen (secondary N) is 1. The first kappa shape index (κ1) is 21.1. The molecule has 164 valence electrons. The molecule has 0 atom stereocenters. The smallest absolute Gasteiger partial charge is 0.256 e. The van der Waals surface area contributed by atoms with E-state index in [0.29, 0.717) is 43.5 Å². The molecule has 2 aromatic rings. The van der Waals surface area contributed by atoms with Crippen molar-refractivity contribution in [1.29, 1.82) is 0 Å². The summed E-state index contributed by atoms with van der Waals surface area (Å²) in [7, 11) is 0. The number of piperidine rings is 1.